The predicted molar refractivity (Wildman–Crippen MR) is 107 cm³/mol. The molecular weight excluding hydrogens is 374 g/mol. The lowest BCUT2D eigenvalue weighted by Crippen LogP contribution is -2.26. The summed E-state index contributed by atoms with van der Waals surface area (Å²) in [5.41, 5.74) is 5.38. The van der Waals surface area contributed by atoms with Crippen molar-refractivity contribution in [3.63, 3.8) is 0 Å². The second-order valence-corrected chi connectivity index (χ2v) is 6.56. The molecule has 1 aliphatic rings. The van der Waals surface area contributed by atoms with Crippen LogP contribution in [0.2, 0.25) is 5.28 Å². The number of ether oxygens (including phenoxy) is 1. The fourth-order valence-electron chi connectivity index (χ4n) is 3.29. The van der Waals surface area contributed by atoms with Crippen molar-refractivity contribution in [2.45, 2.75) is 5.92 Å². The van der Waals surface area contributed by atoms with E-state index in [9.17, 15) is 4.79 Å². The van der Waals surface area contributed by atoms with Crippen LogP contribution in [0, 0.1) is 11.8 Å². The van der Waals surface area contributed by atoms with Gasteiger partial charge in [0.05, 0.1) is 12.1 Å². The smallest absolute Gasteiger partial charge is 0.407 e. The maximum atomic E-state index is 12.0. The second kappa shape index (κ2) is 8.12. The standard InChI is InChI=1S/C22H16ClN3O2/c23-21-25-12-15(13-26-21)6-5-11-24-22(27)28-14-20-18-9-3-1-7-16(18)17-8-2-4-10-19(17)20/h1-4,7-10,12-13,20H,11,14H2,(H,24,27). The highest BCUT2D eigenvalue weighted by molar-refractivity contribution is 6.28. The zero-order valence-electron chi connectivity index (χ0n) is 14.9. The third kappa shape index (κ3) is 3.83. The van der Waals surface area contributed by atoms with Crippen molar-refractivity contribution >= 4 is 17.7 Å². The molecule has 138 valence electrons. The molecule has 0 unspecified atom stereocenters. The van der Waals surface area contributed by atoms with E-state index in [0.29, 0.717) is 5.56 Å². The molecule has 1 aliphatic carbocycles. The van der Waals surface area contributed by atoms with Crippen LogP contribution < -0.4 is 5.32 Å². The van der Waals surface area contributed by atoms with Crippen molar-refractivity contribution in [1.82, 2.24) is 15.3 Å². The molecule has 1 amide bonds. The third-order valence-electron chi connectivity index (χ3n) is 4.52. The van der Waals surface area contributed by atoms with Crippen LogP contribution in [0.25, 0.3) is 11.1 Å². The van der Waals surface area contributed by atoms with Crippen molar-refractivity contribution in [2.24, 2.45) is 0 Å². The van der Waals surface area contributed by atoms with E-state index in [0.717, 1.165) is 0 Å². The number of benzene rings is 2. The number of carbonyl (C=O) groups is 1. The molecule has 3 aromatic rings. The van der Waals surface area contributed by atoms with Crippen LogP contribution in [-0.4, -0.2) is 29.2 Å². The number of amides is 1. The molecule has 0 atom stereocenters. The Bertz CT molecular complexity index is 1030. The highest BCUT2D eigenvalue weighted by Gasteiger charge is 2.28. The van der Waals surface area contributed by atoms with Crippen molar-refractivity contribution < 1.29 is 9.53 Å². The van der Waals surface area contributed by atoms with Gasteiger partial charge in [-0.1, -0.05) is 60.4 Å². The summed E-state index contributed by atoms with van der Waals surface area (Å²) in [5, 5.41) is 2.80. The molecule has 0 radical (unpaired) electrons. The zero-order chi connectivity index (χ0) is 19.3. The monoisotopic (exact) mass is 389 g/mol. The maximum Gasteiger partial charge on any atom is 0.407 e. The molecule has 4 rings (SSSR count). The van der Waals surface area contributed by atoms with Crippen LogP contribution in [0.5, 0.6) is 0 Å². The van der Waals surface area contributed by atoms with Crippen LogP contribution in [-0.2, 0) is 4.74 Å². The van der Waals surface area contributed by atoms with Gasteiger partial charge in [-0.05, 0) is 33.9 Å². The van der Waals surface area contributed by atoms with Gasteiger partial charge in [-0.2, -0.15) is 0 Å². The normalized spacial score (nSPS) is 11.8. The molecule has 0 saturated heterocycles. The Kier molecular flexibility index (Phi) is 5.22. The number of hydrogen-bond donors (Lipinski definition) is 1. The molecule has 6 heteroatoms. The molecule has 0 bridgehead atoms. The van der Waals surface area contributed by atoms with E-state index in [1.54, 1.807) is 0 Å². The summed E-state index contributed by atoms with van der Waals surface area (Å²) >= 11 is 5.62. The van der Waals surface area contributed by atoms with Gasteiger partial charge in [-0.15, -0.1) is 0 Å². The number of rotatable bonds is 3. The van der Waals surface area contributed by atoms with Gasteiger partial charge in [0.2, 0.25) is 5.28 Å². The van der Waals surface area contributed by atoms with E-state index in [-0.39, 0.29) is 24.4 Å². The summed E-state index contributed by atoms with van der Waals surface area (Å²) < 4.78 is 5.45. The number of aromatic nitrogens is 2. The van der Waals surface area contributed by atoms with Crippen LogP contribution in [0.3, 0.4) is 0 Å². The molecular formula is C22H16ClN3O2. The van der Waals surface area contributed by atoms with Gasteiger partial charge in [0.25, 0.3) is 0 Å². The molecule has 28 heavy (non-hydrogen) atoms. The third-order valence-corrected chi connectivity index (χ3v) is 4.71. The molecule has 1 N–H and O–H groups in total. The molecule has 0 fully saturated rings. The van der Waals surface area contributed by atoms with Gasteiger partial charge in [0.15, 0.2) is 0 Å². The highest BCUT2D eigenvalue weighted by Crippen LogP contribution is 2.44. The van der Waals surface area contributed by atoms with E-state index in [2.05, 4.69) is 51.4 Å². The number of alkyl carbamates (subject to hydrolysis) is 1. The van der Waals surface area contributed by atoms with Gasteiger partial charge < -0.3 is 10.1 Å². The van der Waals surface area contributed by atoms with Gasteiger partial charge in [-0.25, -0.2) is 14.8 Å². The fourth-order valence-corrected chi connectivity index (χ4v) is 3.39. The Balaban J connectivity index is 1.35. The van der Waals surface area contributed by atoms with Crippen LogP contribution >= 0.6 is 11.6 Å². The minimum Gasteiger partial charge on any atom is -0.449 e. The lowest BCUT2D eigenvalue weighted by atomic mass is 9.98. The average molecular weight is 390 g/mol. The van der Waals surface area contributed by atoms with Crippen molar-refractivity contribution in [3.8, 4) is 23.0 Å². The minimum atomic E-state index is -0.497. The first-order valence-corrected chi connectivity index (χ1v) is 9.15. The number of halogens is 1. The van der Waals surface area contributed by atoms with E-state index in [1.165, 1.54) is 34.6 Å². The first-order valence-electron chi connectivity index (χ1n) is 8.77. The molecule has 1 heterocycles. The van der Waals surface area contributed by atoms with Gasteiger partial charge in [0, 0.05) is 18.3 Å². The second-order valence-electron chi connectivity index (χ2n) is 6.22. The first kappa shape index (κ1) is 18.0. The van der Waals surface area contributed by atoms with Crippen LogP contribution in [0.1, 0.15) is 22.6 Å². The molecule has 0 spiro atoms. The molecule has 0 saturated carbocycles. The molecule has 0 aliphatic heterocycles. The Hall–Kier alpha value is -3.36. The Morgan fingerprint density at radius 2 is 1.64 bits per heavy atom. The van der Waals surface area contributed by atoms with E-state index in [1.807, 2.05) is 24.3 Å². The van der Waals surface area contributed by atoms with Gasteiger partial charge in [-0.3, -0.25) is 0 Å². The molecule has 2 aromatic carbocycles. The van der Waals surface area contributed by atoms with Gasteiger partial charge in [0.1, 0.15) is 6.61 Å². The van der Waals surface area contributed by atoms with Crippen molar-refractivity contribution in [3.05, 3.63) is 82.9 Å². The van der Waals surface area contributed by atoms with Crippen LogP contribution in [0.15, 0.2) is 60.9 Å². The Labute approximate surface area is 167 Å². The molecule has 5 nitrogen and oxygen atoms in total. The summed E-state index contributed by atoms with van der Waals surface area (Å²) in [6.45, 7) is 0.442. The summed E-state index contributed by atoms with van der Waals surface area (Å²) in [6, 6.07) is 16.4. The lowest BCUT2D eigenvalue weighted by Gasteiger charge is -2.14. The maximum absolute atomic E-state index is 12.0. The SMILES string of the molecule is O=C(NCC#Cc1cnc(Cl)nc1)OCC1c2ccccc2-c2ccccc21. The predicted octanol–water partition coefficient (Wildman–Crippen LogP) is 4.02. The number of nitrogens with zero attached hydrogens (tertiary/aromatic N) is 2. The number of nitrogens with one attached hydrogen (secondary N) is 1. The molecule has 1 aromatic heterocycles. The van der Waals surface area contributed by atoms with E-state index >= 15 is 0 Å². The van der Waals surface area contributed by atoms with E-state index in [4.69, 9.17) is 16.3 Å². The zero-order valence-corrected chi connectivity index (χ0v) is 15.6. The summed E-state index contributed by atoms with van der Waals surface area (Å²) in [7, 11) is 0. The summed E-state index contributed by atoms with van der Waals surface area (Å²) in [4.78, 5) is 19.7. The van der Waals surface area contributed by atoms with Crippen molar-refractivity contribution in [2.75, 3.05) is 13.2 Å². The van der Waals surface area contributed by atoms with E-state index < -0.39 is 6.09 Å². The quantitative estimate of drug-likeness (QED) is 0.542. The van der Waals surface area contributed by atoms with Gasteiger partial charge >= 0.3 is 6.09 Å². The Morgan fingerprint density at radius 3 is 2.29 bits per heavy atom. The fraction of sp³-hybridized carbons (Fsp3) is 0.136. The topological polar surface area (TPSA) is 64.1 Å². The lowest BCUT2D eigenvalue weighted by molar-refractivity contribution is 0.144. The Morgan fingerprint density at radius 1 is 1.04 bits per heavy atom. The highest BCUT2D eigenvalue weighted by atomic mass is 35.5. The summed E-state index contributed by atoms with van der Waals surface area (Å²) in [6.07, 6.45) is 2.55. The number of fused-ring (bicyclic) bond motifs is 3. The van der Waals surface area contributed by atoms with Crippen LogP contribution in [0.4, 0.5) is 4.79 Å². The largest absolute Gasteiger partial charge is 0.449 e. The number of carbonyl (C=O) groups excluding carboxylic acids is 1. The minimum absolute atomic E-state index is 0.0375. The summed E-state index contributed by atoms with van der Waals surface area (Å²) in [5.74, 6) is 5.71. The average Bonchev–Trinajstić information content (AvgIpc) is 3.05. The van der Waals surface area contributed by atoms with Crippen molar-refractivity contribution in [1.29, 1.82) is 0 Å². The first-order chi connectivity index (χ1) is 13.7. The number of hydrogen-bond acceptors (Lipinski definition) is 4.